The normalized spacial score (nSPS) is 22.2. The number of nitrogens with one attached hydrogen (secondary N) is 1. The highest BCUT2D eigenvalue weighted by Crippen LogP contribution is 2.52. The van der Waals surface area contributed by atoms with Crippen molar-refractivity contribution in [1.82, 2.24) is 15.5 Å². The lowest BCUT2D eigenvalue weighted by molar-refractivity contribution is -0.129. The molecule has 2 heterocycles. The first-order chi connectivity index (χ1) is 14.8. The molecule has 1 N–H and O–H groups in total. The molecular weight excluding hydrogens is 426 g/mol. The van der Waals surface area contributed by atoms with Gasteiger partial charge in [0.2, 0.25) is 23.1 Å². The number of benzene rings is 1. The van der Waals surface area contributed by atoms with E-state index < -0.39 is 23.1 Å². The fraction of sp³-hybridized carbons (Fsp3) is 0.429. The number of aryl methyl sites for hydroxylation is 1. The Morgan fingerprint density at radius 2 is 2.03 bits per heavy atom. The summed E-state index contributed by atoms with van der Waals surface area (Å²) in [7, 11) is 2.88. The number of methoxy groups -OCH3 is 2. The maximum absolute atomic E-state index is 13.4. The topological polar surface area (TPSA) is 113 Å². The Kier molecular flexibility index (Phi) is 5.38. The molecule has 1 aromatic carbocycles. The van der Waals surface area contributed by atoms with E-state index in [4.69, 9.17) is 30.3 Å². The van der Waals surface area contributed by atoms with Gasteiger partial charge in [-0.3, -0.25) is 9.59 Å². The lowest BCUT2D eigenvalue weighted by Gasteiger charge is -2.35. The Balaban J connectivity index is 1.59. The SMILES string of the molecule is COc1cc(OC)c2c(c1Cl)O[C@@]1(C(=O)C=C(NCCc3nc(C)no3)C[C@H]1C)C2=O. The van der Waals surface area contributed by atoms with Crippen molar-refractivity contribution >= 4 is 23.2 Å². The largest absolute Gasteiger partial charge is 0.496 e. The van der Waals surface area contributed by atoms with Gasteiger partial charge in [0.1, 0.15) is 22.1 Å². The van der Waals surface area contributed by atoms with E-state index in [1.807, 2.05) is 0 Å². The van der Waals surface area contributed by atoms with Crippen molar-refractivity contribution in [1.29, 1.82) is 0 Å². The Labute approximate surface area is 183 Å². The standard InChI is InChI=1S/C21H22ClN3O6/c1-10-7-12(23-6-5-16-24-11(2)25-31-16)8-15(26)21(10)20(27)17-13(28-3)9-14(29-4)18(22)19(17)30-21/h8-10,23H,5-7H2,1-4H3/t10-,21+/m1/s1. The summed E-state index contributed by atoms with van der Waals surface area (Å²) in [6.45, 7) is 4.05. The Morgan fingerprint density at radius 3 is 2.65 bits per heavy atom. The third-order valence-corrected chi connectivity index (χ3v) is 5.93. The minimum Gasteiger partial charge on any atom is -0.496 e. The lowest BCUT2D eigenvalue weighted by Crippen LogP contribution is -2.55. The van der Waals surface area contributed by atoms with Gasteiger partial charge < -0.3 is 24.1 Å². The molecule has 9 nitrogen and oxygen atoms in total. The number of rotatable bonds is 6. The number of hydrogen-bond donors (Lipinski definition) is 1. The van der Waals surface area contributed by atoms with E-state index in [1.165, 1.54) is 26.4 Å². The average Bonchev–Trinajstić information content (AvgIpc) is 3.29. The molecule has 1 aromatic heterocycles. The summed E-state index contributed by atoms with van der Waals surface area (Å²) < 4.78 is 21.7. The van der Waals surface area contributed by atoms with Gasteiger partial charge in [0.15, 0.2) is 11.6 Å². The van der Waals surface area contributed by atoms with Crippen LogP contribution in [0.25, 0.3) is 0 Å². The number of allylic oxidation sites excluding steroid dienone is 1. The average molecular weight is 448 g/mol. The third-order valence-electron chi connectivity index (χ3n) is 5.57. The molecule has 1 aliphatic carbocycles. The van der Waals surface area contributed by atoms with E-state index in [0.29, 0.717) is 42.5 Å². The Morgan fingerprint density at radius 1 is 1.29 bits per heavy atom. The zero-order valence-electron chi connectivity index (χ0n) is 17.6. The first kappa shape index (κ1) is 21.2. The molecule has 164 valence electrons. The highest BCUT2D eigenvalue weighted by Gasteiger charge is 2.60. The van der Waals surface area contributed by atoms with Crippen LogP contribution in [0.15, 0.2) is 22.4 Å². The van der Waals surface area contributed by atoms with Crippen LogP contribution >= 0.6 is 11.6 Å². The number of halogens is 1. The molecule has 2 atom stereocenters. The highest BCUT2D eigenvalue weighted by molar-refractivity contribution is 6.36. The van der Waals surface area contributed by atoms with Crippen molar-refractivity contribution in [2.45, 2.75) is 32.3 Å². The minimum absolute atomic E-state index is 0.111. The summed E-state index contributed by atoms with van der Waals surface area (Å²) in [6.07, 6.45) is 2.37. The molecule has 1 aliphatic heterocycles. The fourth-order valence-corrected chi connectivity index (χ4v) is 4.29. The molecule has 31 heavy (non-hydrogen) atoms. The van der Waals surface area contributed by atoms with Gasteiger partial charge >= 0.3 is 0 Å². The van der Waals surface area contributed by atoms with E-state index in [0.717, 1.165) is 0 Å². The van der Waals surface area contributed by atoms with Crippen LogP contribution in [0.5, 0.6) is 17.2 Å². The summed E-state index contributed by atoms with van der Waals surface area (Å²) in [6, 6.07) is 1.52. The van der Waals surface area contributed by atoms with Crippen LogP contribution in [-0.4, -0.2) is 48.1 Å². The van der Waals surface area contributed by atoms with Crippen molar-refractivity contribution < 1.29 is 28.3 Å². The first-order valence-corrected chi connectivity index (χ1v) is 10.2. The number of carbonyl (C=O) groups excluding carboxylic acids is 2. The van der Waals surface area contributed by atoms with Crippen molar-refractivity contribution in [2.75, 3.05) is 20.8 Å². The molecule has 0 saturated carbocycles. The summed E-state index contributed by atoms with van der Waals surface area (Å²) in [5.41, 5.74) is -0.812. The van der Waals surface area contributed by atoms with Gasteiger partial charge in [-0.05, 0) is 13.3 Å². The second-order valence-electron chi connectivity index (χ2n) is 7.52. The number of hydrogen-bond acceptors (Lipinski definition) is 9. The second-order valence-corrected chi connectivity index (χ2v) is 7.90. The first-order valence-electron chi connectivity index (χ1n) is 9.78. The number of ether oxygens (including phenoxy) is 3. The maximum atomic E-state index is 13.4. The van der Waals surface area contributed by atoms with E-state index in [1.54, 1.807) is 13.8 Å². The molecule has 2 aliphatic rings. The van der Waals surface area contributed by atoms with E-state index in [-0.39, 0.29) is 22.1 Å². The molecule has 4 rings (SSSR count). The van der Waals surface area contributed by atoms with Crippen molar-refractivity contribution in [3.8, 4) is 17.2 Å². The molecule has 10 heteroatoms. The van der Waals surface area contributed by atoms with Crippen molar-refractivity contribution in [2.24, 2.45) is 5.92 Å². The quantitative estimate of drug-likeness (QED) is 0.667. The van der Waals surface area contributed by atoms with Crippen molar-refractivity contribution in [3.63, 3.8) is 0 Å². The fourth-order valence-electron chi connectivity index (χ4n) is 4.02. The maximum Gasteiger partial charge on any atom is 0.236 e. The van der Waals surface area contributed by atoms with Crippen molar-refractivity contribution in [3.05, 3.63) is 40.1 Å². The van der Waals surface area contributed by atoms with Gasteiger partial charge in [-0.25, -0.2) is 0 Å². The Hall–Kier alpha value is -3.07. The van der Waals surface area contributed by atoms with Gasteiger partial charge in [0.25, 0.3) is 0 Å². The van der Waals surface area contributed by atoms with Gasteiger partial charge in [-0.2, -0.15) is 4.98 Å². The van der Waals surface area contributed by atoms with E-state index in [9.17, 15) is 9.59 Å². The highest BCUT2D eigenvalue weighted by atomic mass is 35.5. The van der Waals surface area contributed by atoms with E-state index in [2.05, 4.69) is 15.5 Å². The minimum atomic E-state index is -1.68. The molecule has 2 aromatic rings. The van der Waals surface area contributed by atoms with Crippen LogP contribution < -0.4 is 19.5 Å². The lowest BCUT2D eigenvalue weighted by atomic mass is 9.74. The molecular formula is C21H22ClN3O6. The smallest absolute Gasteiger partial charge is 0.236 e. The van der Waals surface area contributed by atoms with Gasteiger partial charge in [0.05, 0.1) is 14.2 Å². The number of carbonyl (C=O) groups is 2. The third kappa shape index (κ3) is 3.33. The predicted octanol–water partition coefficient (Wildman–Crippen LogP) is 2.69. The van der Waals surface area contributed by atoms with Crippen LogP contribution in [0.2, 0.25) is 5.02 Å². The van der Waals surface area contributed by atoms with Gasteiger partial charge in [-0.1, -0.05) is 23.7 Å². The summed E-state index contributed by atoms with van der Waals surface area (Å²) >= 11 is 6.39. The number of fused-ring (bicyclic) bond motifs is 1. The summed E-state index contributed by atoms with van der Waals surface area (Å²) in [4.78, 5) is 30.8. The molecule has 0 saturated heterocycles. The van der Waals surface area contributed by atoms with Crippen LogP contribution in [0.3, 0.4) is 0 Å². The number of nitrogens with zero attached hydrogens (tertiary/aromatic N) is 2. The number of ketones is 2. The molecule has 0 bridgehead atoms. The molecule has 0 fully saturated rings. The molecule has 1 spiro atoms. The summed E-state index contributed by atoms with van der Waals surface area (Å²) in [5.74, 6) is 0.397. The molecule has 0 amide bonds. The zero-order chi connectivity index (χ0) is 22.3. The van der Waals surface area contributed by atoms with E-state index >= 15 is 0 Å². The van der Waals surface area contributed by atoms with Crippen LogP contribution in [-0.2, 0) is 11.2 Å². The summed E-state index contributed by atoms with van der Waals surface area (Å²) in [5, 5.41) is 7.09. The van der Waals surface area contributed by atoms with Crippen LogP contribution in [0.1, 0.15) is 35.4 Å². The molecule has 0 unspecified atom stereocenters. The molecule has 0 radical (unpaired) electrons. The number of aromatic nitrogens is 2. The van der Waals surface area contributed by atoms with Gasteiger partial charge in [0, 0.05) is 36.7 Å². The second kappa shape index (κ2) is 7.88. The number of Topliss-reactive ketones (excluding diaryl/α,β-unsaturated/α-hetero) is 1. The zero-order valence-corrected chi connectivity index (χ0v) is 18.3. The van der Waals surface area contributed by atoms with Crippen LogP contribution in [0, 0.1) is 12.8 Å². The predicted molar refractivity (Wildman–Crippen MR) is 110 cm³/mol. The van der Waals surface area contributed by atoms with Gasteiger partial charge in [-0.15, -0.1) is 0 Å². The Bertz CT molecular complexity index is 1100. The van der Waals surface area contributed by atoms with Crippen LogP contribution in [0.4, 0.5) is 0 Å². The monoisotopic (exact) mass is 447 g/mol.